The van der Waals surface area contributed by atoms with Crippen LogP contribution in [0.2, 0.25) is 10.0 Å². The summed E-state index contributed by atoms with van der Waals surface area (Å²) in [5.41, 5.74) is 1.41. The molecule has 0 aliphatic heterocycles. The van der Waals surface area contributed by atoms with Crippen molar-refractivity contribution in [2.45, 2.75) is 6.92 Å². The van der Waals surface area contributed by atoms with Crippen molar-refractivity contribution in [1.29, 1.82) is 0 Å². The van der Waals surface area contributed by atoms with Crippen molar-refractivity contribution < 1.29 is 9.26 Å². The second-order valence-electron chi connectivity index (χ2n) is 4.48. The molecule has 4 nitrogen and oxygen atoms in total. The van der Waals surface area contributed by atoms with E-state index in [0.717, 1.165) is 5.56 Å². The van der Waals surface area contributed by atoms with Gasteiger partial charge in [-0.25, -0.2) is 0 Å². The molecule has 1 aromatic heterocycles. The van der Waals surface area contributed by atoms with Gasteiger partial charge in [-0.2, -0.15) is 4.98 Å². The van der Waals surface area contributed by atoms with Crippen LogP contribution in [0.5, 0.6) is 5.75 Å². The molecule has 1 heterocycles. The van der Waals surface area contributed by atoms with Crippen LogP contribution in [0.1, 0.15) is 6.92 Å². The lowest BCUT2D eigenvalue weighted by molar-refractivity contribution is 0.339. The third kappa shape index (κ3) is 2.93. The van der Waals surface area contributed by atoms with E-state index in [1.807, 2.05) is 31.2 Å². The monoisotopic (exact) mass is 334 g/mol. The van der Waals surface area contributed by atoms with E-state index < -0.39 is 0 Å². The van der Waals surface area contributed by atoms with Gasteiger partial charge in [0, 0.05) is 10.6 Å². The molecule has 0 saturated heterocycles. The minimum atomic E-state index is 0.380. The number of benzene rings is 2. The number of para-hydroxylation sites is 1. The van der Waals surface area contributed by atoms with Crippen molar-refractivity contribution in [3.63, 3.8) is 0 Å². The zero-order chi connectivity index (χ0) is 15.5. The van der Waals surface area contributed by atoms with E-state index in [2.05, 4.69) is 10.1 Å². The predicted molar refractivity (Wildman–Crippen MR) is 86.4 cm³/mol. The van der Waals surface area contributed by atoms with Gasteiger partial charge >= 0.3 is 0 Å². The van der Waals surface area contributed by atoms with Crippen molar-refractivity contribution in [1.82, 2.24) is 10.1 Å². The average molecular weight is 335 g/mol. The average Bonchev–Trinajstić information content (AvgIpc) is 2.97. The zero-order valence-electron chi connectivity index (χ0n) is 11.7. The highest BCUT2D eigenvalue weighted by Crippen LogP contribution is 2.32. The molecule has 0 radical (unpaired) electrons. The lowest BCUT2D eigenvalue weighted by atomic mass is 10.2. The normalized spacial score (nSPS) is 10.7. The van der Waals surface area contributed by atoms with Crippen molar-refractivity contribution in [3.8, 4) is 28.6 Å². The van der Waals surface area contributed by atoms with Crippen LogP contribution >= 0.6 is 23.2 Å². The van der Waals surface area contributed by atoms with E-state index >= 15 is 0 Å². The number of nitrogens with zero attached hydrogens (tertiary/aromatic N) is 2. The topological polar surface area (TPSA) is 48.2 Å². The highest BCUT2D eigenvalue weighted by atomic mass is 35.5. The maximum atomic E-state index is 6.17. The Morgan fingerprint density at radius 3 is 2.68 bits per heavy atom. The molecule has 6 heteroatoms. The summed E-state index contributed by atoms with van der Waals surface area (Å²) < 4.78 is 10.9. The van der Waals surface area contributed by atoms with Crippen LogP contribution < -0.4 is 4.74 Å². The van der Waals surface area contributed by atoms with Crippen molar-refractivity contribution in [2.24, 2.45) is 0 Å². The fourth-order valence-corrected chi connectivity index (χ4v) is 2.53. The molecule has 2 aromatic carbocycles. The van der Waals surface area contributed by atoms with Crippen molar-refractivity contribution >= 4 is 23.2 Å². The number of halogens is 2. The molecular formula is C16H12Cl2N2O2. The van der Waals surface area contributed by atoms with Crippen LogP contribution in [0.4, 0.5) is 0 Å². The van der Waals surface area contributed by atoms with Gasteiger partial charge in [-0.05, 0) is 37.3 Å². The Hall–Kier alpha value is -2.04. The molecule has 22 heavy (non-hydrogen) atoms. The highest BCUT2D eigenvalue weighted by molar-refractivity contribution is 6.36. The van der Waals surface area contributed by atoms with Crippen LogP contribution in [0.3, 0.4) is 0 Å². The number of hydrogen-bond acceptors (Lipinski definition) is 4. The summed E-state index contributed by atoms with van der Waals surface area (Å²) in [6, 6.07) is 12.6. The Morgan fingerprint density at radius 1 is 1.09 bits per heavy atom. The third-order valence-corrected chi connectivity index (χ3v) is 3.56. The van der Waals surface area contributed by atoms with E-state index in [-0.39, 0.29) is 0 Å². The molecule has 0 amide bonds. The molecule has 0 bridgehead atoms. The first kappa shape index (κ1) is 14.9. The maximum Gasteiger partial charge on any atom is 0.262 e. The standard InChI is InChI=1S/C16H12Cl2N2O2/c1-2-21-14-6-4-3-5-12(14)16-19-15(20-22-16)11-8-7-10(17)9-13(11)18/h3-9H,2H2,1H3. The minimum Gasteiger partial charge on any atom is -0.493 e. The van der Waals surface area contributed by atoms with Gasteiger partial charge in [0.1, 0.15) is 5.75 Å². The molecule has 0 N–H and O–H groups in total. The fraction of sp³-hybridized carbons (Fsp3) is 0.125. The Morgan fingerprint density at radius 2 is 1.91 bits per heavy atom. The maximum absolute atomic E-state index is 6.17. The summed E-state index contributed by atoms with van der Waals surface area (Å²) in [6.45, 7) is 2.48. The van der Waals surface area contributed by atoms with Crippen LogP contribution in [0, 0.1) is 0 Å². The fourth-order valence-electron chi connectivity index (χ4n) is 2.04. The van der Waals surface area contributed by atoms with E-state index in [1.165, 1.54) is 0 Å². The molecule has 112 valence electrons. The van der Waals surface area contributed by atoms with Crippen LogP contribution in [0.15, 0.2) is 47.0 Å². The van der Waals surface area contributed by atoms with Gasteiger partial charge in [0.2, 0.25) is 5.82 Å². The van der Waals surface area contributed by atoms with E-state index in [9.17, 15) is 0 Å². The highest BCUT2D eigenvalue weighted by Gasteiger charge is 2.16. The van der Waals surface area contributed by atoms with Gasteiger partial charge in [0.25, 0.3) is 5.89 Å². The SMILES string of the molecule is CCOc1ccccc1-c1nc(-c2ccc(Cl)cc2Cl)no1. The molecular weight excluding hydrogens is 323 g/mol. The van der Waals surface area contributed by atoms with Crippen molar-refractivity contribution in [3.05, 3.63) is 52.5 Å². The van der Waals surface area contributed by atoms with E-state index in [1.54, 1.807) is 18.2 Å². The Bertz CT molecular complexity index is 802. The molecule has 3 rings (SSSR count). The van der Waals surface area contributed by atoms with Crippen molar-refractivity contribution in [2.75, 3.05) is 6.61 Å². The number of ether oxygens (including phenoxy) is 1. The lowest BCUT2D eigenvalue weighted by Gasteiger charge is -2.05. The second kappa shape index (κ2) is 6.38. The Balaban J connectivity index is 2.01. The smallest absolute Gasteiger partial charge is 0.262 e. The quantitative estimate of drug-likeness (QED) is 0.665. The van der Waals surface area contributed by atoms with Gasteiger partial charge in [-0.3, -0.25) is 0 Å². The molecule has 0 saturated carbocycles. The van der Waals surface area contributed by atoms with Gasteiger partial charge in [-0.15, -0.1) is 0 Å². The summed E-state index contributed by atoms with van der Waals surface area (Å²) in [7, 11) is 0. The molecule has 0 unspecified atom stereocenters. The summed E-state index contributed by atoms with van der Waals surface area (Å²) in [6.07, 6.45) is 0. The van der Waals surface area contributed by atoms with Gasteiger partial charge in [0.05, 0.1) is 17.2 Å². The molecule has 0 aliphatic carbocycles. The summed E-state index contributed by atoms with van der Waals surface area (Å²) >= 11 is 12.1. The molecule has 0 aliphatic rings. The Labute approximate surface area is 137 Å². The molecule has 0 atom stereocenters. The largest absolute Gasteiger partial charge is 0.493 e. The van der Waals surface area contributed by atoms with Crippen LogP contribution in [-0.4, -0.2) is 16.7 Å². The second-order valence-corrected chi connectivity index (χ2v) is 5.32. The van der Waals surface area contributed by atoms with E-state index in [0.29, 0.717) is 39.7 Å². The zero-order valence-corrected chi connectivity index (χ0v) is 13.2. The van der Waals surface area contributed by atoms with Crippen LogP contribution in [0.25, 0.3) is 22.8 Å². The lowest BCUT2D eigenvalue weighted by Crippen LogP contribution is -1.93. The van der Waals surface area contributed by atoms with Gasteiger partial charge < -0.3 is 9.26 Å². The molecule has 0 spiro atoms. The summed E-state index contributed by atoms with van der Waals surface area (Å²) in [4.78, 5) is 4.40. The molecule has 0 fully saturated rings. The van der Waals surface area contributed by atoms with Gasteiger partial charge in [0.15, 0.2) is 0 Å². The van der Waals surface area contributed by atoms with Gasteiger partial charge in [-0.1, -0.05) is 40.5 Å². The predicted octanol–water partition coefficient (Wildman–Crippen LogP) is 5.11. The van der Waals surface area contributed by atoms with E-state index in [4.69, 9.17) is 32.5 Å². The number of hydrogen-bond donors (Lipinski definition) is 0. The number of rotatable bonds is 4. The first-order valence-corrected chi connectivity index (χ1v) is 7.46. The minimum absolute atomic E-state index is 0.380. The Kier molecular flexibility index (Phi) is 4.32. The molecule has 3 aromatic rings. The van der Waals surface area contributed by atoms with Crippen LogP contribution in [-0.2, 0) is 0 Å². The number of aromatic nitrogens is 2. The first-order chi connectivity index (χ1) is 10.7. The summed E-state index contributed by atoms with van der Waals surface area (Å²) in [5, 5.41) is 5.01. The first-order valence-electron chi connectivity index (χ1n) is 6.70. The summed E-state index contributed by atoms with van der Waals surface area (Å²) in [5.74, 6) is 1.48. The third-order valence-electron chi connectivity index (χ3n) is 3.02.